The smallest absolute Gasteiger partial charge is 0.166 e. The lowest BCUT2D eigenvalue weighted by Gasteiger charge is -2.32. The van der Waals surface area contributed by atoms with Gasteiger partial charge in [0.2, 0.25) is 0 Å². The average molecular weight is 382 g/mol. The maximum atomic E-state index is 12.6. The Kier molecular flexibility index (Phi) is 6.87. The van der Waals surface area contributed by atoms with Crippen LogP contribution in [0, 0.1) is 5.92 Å². The van der Waals surface area contributed by atoms with Gasteiger partial charge in [0.15, 0.2) is 5.78 Å². The van der Waals surface area contributed by atoms with Crippen LogP contribution in [0.3, 0.4) is 0 Å². The lowest BCUT2D eigenvalue weighted by atomic mass is 9.85. The highest BCUT2D eigenvalue weighted by Gasteiger charge is 2.29. The molecule has 1 aromatic carbocycles. The fraction of sp³-hybridized carbons (Fsp3) is 0.458. The number of hydrogen-bond acceptors (Lipinski definition) is 4. The first-order valence-corrected chi connectivity index (χ1v) is 10.1. The Bertz CT molecular complexity index is 757. The van der Waals surface area contributed by atoms with Gasteiger partial charge >= 0.3 is 0 Å². The number of ketones is 1. The molecule has 2 aliphatic rings. The SMILES string of the molecule is COc1ccc(/C=C/C(=O)C2C=CC(C)(OCCN3CCCC3)C(C)=C2)cc1. The molecule has 1 aliphatic carbocycles. The molecule has 4 nitrogen and oxygen atoms in total. The van der Waals surface area contributed by atoms with Gasteiger partial charge in [-0.15, -0.1) is 0 Å². The van der Waals surface area contributed by atoms with Crippen LogP contribution in [0.25, 0.3) is 6.08 Å². The molecule has 3 rings (SSSR count). The molecule has 0 N–H and O–H groups in total. The van der Waals surface area contributed by atoms with Crippen LogP contribution in [0.4, 0.5) is 0 Å². The van der Waals surface area contributed by atoms with Gasteiger partial charge in [0.25, 0.3) is 0 Å². The lowest BCUT2D eigenvalue weighted by Crippen LogP contribution is -2.35. The minimum Gasteiger partial charge on any atom is -0.497 e. The number of carbonyl (C=O) groups excluding carboxylic acids is 1. The van der Waals surface area contributed by atoms with E-state index in [9.17, 15) is 4.79 Å². The van der Waals surface area contributed by atoms with Crippen molar-refractivity contribution in [2.24, 2.45) is 5.92 Å². The van der Waals surface area contributed by atoms with E-state index in [0.717, 1.165) is 23.4 Å². The zero-order valence-corrected chi connectivity index (χ0v) is 17.2. The number of benzene rings is 1. The van der Waals surface area contributed by atoms with Crippen molar-refractivity contribution in [1.82, 2.24) is 4.90 Å². The topological polar surface area (TPSA) is 38.8 Å². The van der Waals surface area contributed by atoms with E-state index in [2.05, 4.69) is 11.8 Å². The molecule has 28 heavy (non-hydrogen) atoms. The number of allylic oxidation sites excluding steroid dienone is 3. The van der Waals surface area contributed by atoms with Crippen LogP contribution in [0.2, 0.25) is 0 Å². The largest absolute Gasteiger partial charge is 0.497 e. The predicted molar refractivity (Wildman–Crippen MR) is 113 cm³/mol. The number of methoxy groups -OCH3 is 1. The maximum absolute atomic E-state index is 12.6. The van der Waals surface area contributed by atoms with Crippen LogP contribution >= 0.6 is 0 Å². The van der Waals surface area contributed by atoms with Crippen molar-refractivity contribution < 1.29 is 14.3 Å². The summed E-state index contributed by atoms with van der Waals surface area (Å²) in [6.07, 6.45) is 12.1. The van der Waals surface area contributed by atoms with E-state index in [-0.39, 0.29) is 11.7 Å². The molecule has 2 atom stereocenters. The summed E-state index contributed by atoms with van der Waals surface area (Å²) in [6.45, 7) is 8.18. The summed E-state index contributed by atoms with van der Waals surface area (Å²) in [5.41, 5.74) is 1.65. The third-order valence-corrected chi connectivity index (χ3v) is 5.73. The van der Waals surface area contributed by atoms with Gasteiger partial charge in [-0.05, 0) is 69.1 Å². The van der Waals surface area contributed by atoms with E-state index < -0.39 is 5.60 Å². The van der Waals surface area contributed by atoms with E-state index in [1.54, 1.807) is 13.2 Å². The van der Waals surface area contributed by atoms with Crippen molar-refractivity contribution in [2.75, 3.05) is 33.4 Å². The van der Waals surface area contributed by atoms with Crippen molar-refractivity contribution in [3.63, 3.8) is 0 Å². The van der Waals surface area contributed by atoms with Gasteiger partial charge in [0, 0.05) is 6.54 Å². The Morgan fingerprint density at radius 3 is 2.61 bits per heavy atom. The fourth-order valence-corrected chi connectivity index (χ4v) is 3.65. The number of ether oxygens (including phenoxy) is 2. The molecular weight excluding hydrogens is 350 g/mol. The number of hydrogen-bond donors (Lipinski definition) is 0. The van der Waals surface area contributed by atoms with Crippen LogP contribution in [-0.2, 0) is 9.53 Å². The number of rotatable bonds is 8. The fourth-order valence-electron chi connectivity index (χ4n) is 3.65. The molecule has 1 aliphatic heterocycles. The second-order valence-corrected chi connectivity index (χ2v) is 7.75. The Balaban J connectivity index is 1.54. The highest BCUT2D eigenvalue weighted by molar-refractivity contribution is 5.98. The van der Waals surface area contributed by atoms with E-state index in [4.69, 9.17) is 9.47 Å². The van der Waals surface area contributed by atoms with Gasteiger partial charge in [-0.3, -0.25) is 4.79 Å². The molecule has 1 saturated heterocycles. The average Bonchev–Trinajstić information content (AvgIpc) is 3.22. The predicted octanol–water partition coefficient (Wildman–Crippen LogP) is 4.28. The first-order valence-electron chi connectivity index (χ1n) is 10.1. The summed E-state index contributed by atoms with van der Waals surface area (Å²) in [6, 6.07) is 7.65. The molecule has 2 unspecified atom stereocenters. The van der Waals surface area contributed by atoms with Gasteiger partial charge in [-0.1, -0.05) is 36.4 Å². The van der Waals surface area contributed by atoms with Gasteiger partial charge in [0.05, 0.1) is 19.6 Å². The van der Waals surface area contributed by atoms with Gasteiger partial charge in [0.1, 0.15) is 11.4 Å². The molecule has 0 bridgehead atoms. The van der Waals surface area contributed by atoms with Crippen molar-refractivity contribution in [1.29, 1.82) is 0 Å². The summed E-state index contributed by atoms with van der Waals surface area (Å²) >= 11 is 0. The monoisotopic (exact) mass is 381 g/mol. The zero-order valence-electron chi connectivity index (χ0n) is 17.2. The molecular formula is C24H31NO3. The molecule has 0 aromatic heterocycles. The molecule has 0 spiro atoms. The van der Waals surface area contributed by atoms with Gasteiger partial charge in [-0.25, -0.2) is 0 Å². The summed E-state index contributed by atoms with van der Waals surface area (Å²) in [4.78, 5) is 15.0. The second-order valence-electron chi connectivity index (χ2n) is 7.75. The quantitative estimate of drug-likeness (QED) is 0.498. The molecule has 1 fully saturated rings. The summed E-state index contributed by atoms with van der Waals surface area (Å²) in [5, 5.41) is 0. The summed E-state index contributed by atoms with van der Waals surface area (Å²) < 4.78 is 11.3. The van der Waals surface area contributed by atoms with E-state index in [1.807, 2.05) is 55.5 Å². The number of nitrogens with zero attached hydrogens (tertiary/aromatic N) is 1. The summed E-state index contributed by atoms with van der Waals surface area (Å²) in [5.74, 6) is 0.650. The second kappa shape index (κ2) is 9.35. The van der Waals surface area contributed by atoms with Gasteiger partial charge < -0.3 is 14.4 Å². The molecule has 1 aromatic rings. The van der Waals surface area contributed by atoms with Crippen LogP contribution in [-0.4, -0.2) is 49.6 Å². The molecule has 1 heterocycles. The minimum atomic E-state index is -0.420. The van der Waals surface area contributed by atoms with Gasteiger partial charge in [-0.2, -0.15) is 0 Å². The van der Waals surface area contributed by atoms with E-state index >= 15 is 0 Å². The third kappa shape index (κ3) is 5.21. The first-order chi connectivity index (χ1) is 13.5. The van der Waals surface area contributed by atoms with Crippen molar-refractivity contribution in [3.05, 3.63) is 59.7 Å². The maximum Gasteiger partial charge on any atom is 0.166 e. The van der Waals surface area contributed by atoms with Crippen molar-refractivity contribution >= 4 is 11.9 Å². The molecule has 0 radical (unpaired) electrons. The molecule has 150 valence electrons. The van der Waals surface area contributed by atoms with E-state index in [0.29, 0.717) is 6.61 Å². The molecule has 0 amide bonds. The summed E-state index contributed by atoms with van der Waals surface area (Å²) in [7, 11) is 1.64. The Labute approximate surface area is 168 Å². The zero-order chi connectivity index (χ0) is 20.0. The van der Waals surface area contributed by atoms with Crippen LogP contribution in [0.1, 0.15) is 32.3 Å². The van der Waals surface area contributed by atoms with Crippen LogP contribution < -0.4 is 4.74 Å². The van der Waals surface area contributed by atoms with Crippen molar-refractivity contribution in [3.8, 4) is 5.75 Å². The number of likely N-dealkylation sites (tertiary alicyclic amines) is 1. The lowest BCUT2D eigenvalue weighted by molar-refractivity contribution is -0.115. The Hall–Kier alpha value is -2.17. The molecule has 4 heteroatoms. The number of carbonyl (C=O) groups is 1. The highest BCUT2D eigenvalue weighted by Crippen LogP contribution is 2.30. The standard InChI is InChI=1S/C24H31NO3/c1-19-18-21(23(26)11-8-20-6-9-22(27-3)10-7-20)12-13-24(19,2)28-17-16-25-14-4-5-15-25/h6-13,18,21H,4-5,14-17H2,1-3H3/b11-8+. The third-order valence-electron chi connectivity index (χ3n) is 5.73. The van der Waals surface area contributed by atoms with Crippen LogP contribution in [0.5, 0.6) is 5.75 Å². The highest BCUT2D eigenvalue weighted by atomic mass is 16.5. The first kappa shape index (κ1) is 20.6. The minimum absolute atomic E-state index is 0.0746. The normalized spacial score (nSPS) is 25.2. The van der Waals surface area contributed by atoms with Crippen molar-refractivity contribution in [2.45, 2.75) is 32.3 Å². The molecule has 0 saturated carbocycles. The Morgan fingerprint density at radius 2 is 1.96 bits per heavy atom. The van der Waals surface area contributed by atoms with E-state index in [1.165, 1.54) is 25.9 Å². The van der Waals surface area contributed by atoms with Crippen LogP contribution in [0.15, 0.2) is 54.1 Å². The Morgan fingerprint density at radius 1 is 1.25 bits per heavy atom.